The van der Waals surface area contributed by atoms with E-state index in [1.807, 2.05) is 19.1 Å². The Morgan fingerprint density at radius 2 is 1.80 bits per heavy atom. The van der Waals surface area contributed by atoms with Crippen molar-refractivity contribution in [1.29, 1.82) is 0 Å². The van der Waals surface area contributed by atoms with Crippen LogP contribution in [-0.4, -0.2) is 28.9 Å². The summed E-state index contributed by atoms with van der Waals surface area (Å²) in [5.74, 6) is -1.82. The van der Waals surface area contributed by atoms with Gasteiger partial charge in [-0.3, -0.25) is 14.7 Å². The molecule has 1 aliphatic carbocycles. The summed E-state index contributed by atoms with van der Waals surface area (Å²) in [7, 11) is 2.13. The highest BCUT2D eigenvalue weighted by Crippen LogP contribution is 2.37. The van der Waals surface area contributed by atoms with Crippen LogP contribution in [0.2, 0.25) is 10.0 Å². The second-order valence-electron chi connectivity index (χ2n) is 9.42. The zero-order valence-corrected chi connectivity index (χ0v) is 21.5. The van der Waals surface area contributed by atoms with Gasteiger partial charge >= 0.3 is 0 Å². The summed E-state index contributed by atoms with van der Waals surface area (Å²) in [6.07, 6.45) is 6.13. The summed E-state index contributed by atoms with van der Waals surface area (Å²) < 4.78 is 13.8. The fourth-order valence-electron chi connectivity index (χ4n) is 5.06. The number of benzene rings is 2. The quantitative estimate of drug-likeness (QED) is 0.374. The second kappa shape index (κ2) is 11.1. The van der Waals surface area contributed by atoms with Crippen molar-refractivity contribution in [3.8, 4) is 11.3 Å². The number of hydrogen-bond donors (Lipinski definition) is 1. The minimum Gasteiger partial charge on any atom is -0.369 e. The zero-order valence-electron chi connectivity index (χ0n) is 20.0. The predicted octanol–water partition coefficient (Wildman–Crippen LogP) is 6.88. The first kappa shape index (κ1) is 25.6. The Hall–Kier alpha value is -2.47. The molecule has 4 rings (SSSR count). The van der Waals surface area contributed by atoms with E-state index in [0.29, 0.717) is 39.6 Å². The van der Waals surface area contributed by atoms with E-state index in [4.69, 9.17) is 33.9 Å². The highest BCUT2D eigenvalue weighted by Gasteiger charge is 2.28. The maximum absolute atomic E-state index is 13.8. The van der Waals surface area contributed by atoms with Gasteiger partial charge in [0.25, 0.3) is 0 Å². The van der Waals surface area contributed by atoms with E-state index in [-0.39, 0.29) is 5.82 Å². The van der Waals surface area contributed by atoms with Crippen LogP contribution in [0.1, 0.15) is 60.4 Å². The van der Waals surface area contributed by atoms with E-state index in [9.17, 15) is 9.18 Å². The van der Waals surface area contributed by atoms with Crippen molar-refractivity contribution < 1.29 is 9.18 Å². The molecule has 0 bridgehead atoms. The zero-order chi connectivity index (χ0) is 25.1. The van der Waals surface area contributed by atoms with E-state index in [1.54, 1.807) is 24.3 Å². The molecule has 1 fully saturated rings. The predicted molar refractivity (Wildman–Crippen MR) is 140 cm³/mol. The summed E-state index contributed by atoms with van der Waals surface area (Å²) in [4.78, 5) is 19.9. The van der Waals surface area contributed by atoms with E-state index in [0.717, 1.165) is 16.7 Å². The molecule has 4 nitrogen and oxygen atoms in total. The molecule has 1 saturated carbocycles. The molecule has 2 aromatic carbocycles. The lowest BCUT2D eigenvalue weighted by Crippen LogP contribution is -2.33. The van der Waals surface area contributed by atoms with Gasteiger partial charge < -0.3 is 5.73 Å². The molecule has 0 spiro atoms. The number of carbonyl (C=O) groups excluding carboxylic acids is 1. The molecule has 35 heavy (non-hydrogen) atoms. The number of pyridine rings is 1. The van der Waals surface area contributed by atoms with Gasteiger partial charge in [0.2, 0.25) is 5.91 Å². The summed E-state index contributed by atoms with van der Waals surface area (Å²) in [5.41, 5.74) is 10.0. The summed E-state index contributed by atoms with van der Waals surface area (Å²) in [6.45, 7) is 2.53. The molecule has 0 radical (unpaired) electrons. The lowest BCUT2D eigenvalue weighted by atomic mass is 9.91. The monoisotopic (exact) mass is 513 g/mol. The summed E-state index contributed by atoms with van der Waals surface area (Å²) in [5, 5.41) is 0.708. The number of aromatic nitrogens is 1. The van der Waals surface area contributed by atoms with Gasteiger partial charge in [0.1, 0.15) is 11.7 Å². The topological polar surface area (TPSA) is 59.2 Å². The van der Waals surface area contributed by atoms with Crippen molar-refractivity contribution in [2.24, 2.45) is 5.73 Å². The van der Waals surface area contributed by atoms with Crippen LogP contribution < -0.4 is 5.73 Å². The van der Waals surface area contributed by atoms with Crippen molar-refractivity contribution >= 4 is 29.1 Å². The Morgan fingerprint density at radius 1 is 1.11 bits per heavy atom. The van der Waals surface area contributed by atoms with Gasteiger partial charge in [-0.05, 0) is 80.4 Å². The standard InChI is InChI=1S/C28H30Cl2FN3O/c1-17-13-19(31)11-12-21(17)24-14-18(16-34(2)20-7-4-3-5-8-20)15-25(33-24)27(28(32)35)26-22(29)9-6-10-23(26)30/h6,9-15,20,27H,3-5,7-8,16H2,1-2H3,(H2,32,35). The van der Waals surface area contributed by atoms with Crippen molar-refractivity contribution in [3.05, 3.63) is 86.8 Å². The third-order valence-electron chi connectivity index (χ3n) is 6.87. The van der Waals surface area contributed by atoms with Gasteiger partial charge in [-0.2, -0.15) is 0 Å². The second-order valence-corrected chi connectivity index (χ2v) is 10.2. The molecule has 1 atom stereocenters. The highest BCUT2D eigenvalue weighted by molar-refractivity contribution is 6.36. The van der Waals surface area contributed by atoms with E-state index >= 15 is 0 Å². The Balaban J connectivity index is 1.83. The average Bonchev–Trinajstić information content (AvgIpc) is 2.81. The highest BCUT2D eigenvalue weighted by atomic mass is 35.5. The Morgan fingerprint density at radius 3 is 2.43 bits per heavy atom. The Kier molecular flexibility index (Phi) is 8.10. The number of amides is 1. The number of carbonyl (C=O) groups is 1. The Labute approximate surface area is 216 Å². The van der Waals surface area contributed by atoms with Gasteiger partial charge in [0, 0.05) is 33.8 Å². The minimum atomic E-state index is -0.921. The lowest BCUT2D eigenvalue weighted by Gasteiger charge is -2.31. The largest absolute Gasteiger partial charge is 0.369 e. The molecular weight excluding hydrogens is 484 g/mol. The Bertz CT molecular complexity index is 1210. The molecule has 0 aliphatic heterocycles. The van der Waals surface area contributed by atoms with Gasteiger partial charge in [-0.25, -0.2) is 4.39 Å². The van der Waals surface area contributed by atoms with Crippen molar-refractivity contribution in [2.75, 3.05) is 7.05 Å². The maximum atomic E-state index is 13.8. The van der Waals surface area contributed by atoms with Crippen LogP contribution in [0.5, 0.6) is 0 Å². The molecule has 1 aliphatic rings. The third-order valence-corrected chi connectivity index (χ3v) is 7.53. The molecule has 1 aromatic heterocycles. The van der Waals surface area contributed by atoms with Crippen LogP contribution in [0.3, 0.4) is 0 Å². The number of nitrogens with two attached hydrogens (primary N) is 1. The number of rotatable bonds is 7. The smallest absolute Gasteiger partial charge is 0.231 e. The first-order valence-corrected chi connectivity index (χ1v) is 12.7. The normalized spacial score (nSPS) is 15.4. The van der Waals surface area contributed by atoms with Crippen molar-refractivity contribution in [2.45, 2.75) is 57.5 Å². The molecule has 184 valence electrons. The molecule has 1 amide bonds. The van der Waals surface area contributed by atoms with Gasteiger partial charge in [0.15, 0.2) is 0 Å². The fraction of sp³-hybridized carbons (Fsp3) is 0.357. The van der Waals surface area contributed by atoms with Crippen LogP contribution in [0, 0.1) is 12.7 Å². The summed E-state index contributed by atoms with van der Waals surface area (Å²) in [6, 6.07) is 14.1. The van der Waals surface area contributed by atoms with Crippen LogP contribution >= 0.6 is 23.2 Å². The molecule has 0 saturated heterocycles. The molecule has 3 aromatic rings. The first-order valence-electron chi connectivity index (χ1n) is 12.0. The van der Waals surface area contributed by atoms with Gasteiger partial charge in [-0.1, -0.05) is 48.5 Å². The molecule has 2 N–H and O–H groups in total. The summed E-state index contributed by atoms with van der Waals surface area (Å²) >= 11 is 12.9. The third kappa shape index (κ3) is 5.85. The van der Waals surface area contributed by atoms with Crippen molar-refractivity contribution in [3.63, 3.8) is 0 Å². The van der Waals surface area contributed by atoms with Crippen LogP contribution in [-0.2, 0) is 11.3 Å². The van der Waals surface area contributed by atoms with Gasteiger partial charge in [0.05, 0.1) is 11.4 Å². The molecule has 1 heterocycles. The molecule has 1 unspecified atom stereocenters. The van der Waals surface area contributed by atoms with E-state index < -0.39 is 11.8 Å². The lowest BCUT2D eigenvalue weighted by molar-refractivity contribution is -0.118. The number of halogens is 3. The van der Waals surface area contributed by atoms with Crippen LogP contribution in [0.4, 0.5) is 4.39 Å². The van der Waals surface area contributed by atoms with Crippen LogP contribution in [0.25, 0.3) is 11.3 Å². The fourth-order valence-corrected chi connectivity index (χ4v) is 5.68. The van der Waals surface area contributed by atoms with Gasteiger partial charge in [-0.15, -0.1) is 0 Å². The number of aryl methyl sites for hydroxylation is 1. The number of nitrogens with zero attached hydrogens (tertiary/aromatic N) is 2. The molecule has 7 heteroatoms. The maximum Gasteiger partial charge on any atom is 0.231 e. The van der Waals surface area contributed by atoms with Crippen LogP contribution in [0.15, 0.2) is 48.5 Å². The molecular formula is C28H30Cl2FN3O. The SMILES string of the molecule is Cc1cc(F)ccc1-c1cc(CN(C)C2CCCCC2)cc(C(C(N)=O)c2c(Cl)cccc2Cl)n1. The number of primary amides is 1. The van der Waals surface area contributed by atoms with Crippen molar-refractivity contribution in [1.82, 2.24) is 9.88 Å². The number of hydrogen-bond acceptors (Lipinski definition) is 3. The van der Waals surface area contributed by atoms with E-state index in [1.165, 1.54) is 44.2 Å². The minimum absolute atomic E-state index is 0.308. The first-order chi connectivity index (χ1) is 16.7. The van der Waals surface area contributed by atoms with E-state index in [2.05, 4.69) is 11.9 Å². The average molecular weight is 514 g/mol.